The van der Waals surface area contributed by atoms with Gasteiger partial charge in [-0.05, 0) is 38.0 Å². The lowest BCUT2D eigenvalue weighted by Gasteiger charge is -2.32. The van der Waals surface area contributed by atoms with Crippen LogP contribution in [0.2, 0.25) is 0 Å². The predicted molar refractivity (Wildman–Crippen MR) is 85.0 cm³/mol. The first kappa shape index (κ1) is 14.7. The minimum absolute atomic E-state index is 0.0366. The molecule has 114 valence electrons. The molecule has 0 saturated carbocycles. The van der Waals surface area contributed by atoms with E-state index >= 15 is 0 Å². The third kappa shape index (κ3) is 2.73. The summed E-state index contributed by atoms with van der Waals surface area (Å²) in [6.45, 7) is 4.14. The van der Waals surface area contributed by atoms with Crippen molar-refractivity contribution in [2.45, 2.75) is 32.6 Å². The van der Waals surface area contributed by atoms with E-state index in [-0.39, 0.29) is 23.1 Å². The van der Waals surface area contributed by atoms with Crippen LogP contribution in [0.15, 0.2) is 53.2 Å². The molecule has 1 heterocycles. The number of halogens is 1. The average molecular weight is 298 g/mol. The molecule has 1 aliphatic carbocycles. The Bertz CT molecular complexity index is 705. The van der Waals surface area contributed by atoms with E-state index < -0.39 is 0 Å². The Morgan fingerprint density at radius 2 is 2.18 bits per heavy atom. The molecule has 1 N–H and O–H groups in total. The summed E-state index contributed by atoms with van der Waals surface area (Å²) in [5.41, 5.74) is 5.34. The number of benzene rings is 1. The molecule has 0 aromatic heterocycles. The Labute approximate surface area is 129 Å². The number of rotatable bonds is 2. The van der Waals surface area contributed by atoms with E-state index in [9.17, 15) is 9.18 Å². The number of carbonyl (C=O) groups is 1. The Morgan fingerprint density at radius 1 is 1.36 bits per heavy atom. The van der Waals surface area contributed by atoms with Crippen LogP contribution in [0.1, 0.15) is 38.2 Å². The predicted octanol–water partition coefficient (Wildman–Crippen LogP) is 3.70. The molecule has 1 aromatic carbocycles. The fourth-order valence-electron chi connectivity index (χ4n) is 3.18. The molecule has 3 nitrogen and oxygen atoms in total. The lowest BCUT2D eigenvalue weighted by atomic mass is 9.73. The minimum Gasteiger partial charge on any atom is -0.273 e. The summed E-state index contributed by atoms with van der Waals surface area (Å²) in [6.07, 6.45) is 7.51. The van der Waals surface area contributed by atoms with Gasteiger partial charge >= 0.3 is 0 Å². The average Bonchev–Trinajstić information content (AvgIpc) is 2.47. The molecular formula is C18H19FN2O. The van der Waals surface area contributed by atoms with Gasteiger partial charge in [-0.15, -0.1) is 0 Å². The number of hydrogen-bond donors (Lipinski definition) is 1. The number of carbonyl (C=O) groups excluding carboxylic acids is 1. The van der Waals surface area contributed by atoms with E-state index in [0.29, 0.717) is 12.8 Å². The number of hydrazone groups is 1. The largest absolute Gasteiger partial charge is 0.273 e. The van der Waals surface area contributed by atoms with Gasteiger partial charge in [0.05, 0.1) is 5.71 Å². The second kappa shape index (κ2) is 5.52. The van der Waals surface area contributed by atoms with E-state index in [0.717, 1.165) is 16.8 Å². The van der Waals surface area contributed by atoms with Crippen molar-refractivity contribution >= 4 is 11.6 Å². The maximum Gasteiger partial charge on any atom is 0.240 e. The van der Waals surface area contributed by atoms with Crippen LogP contribution in [0, 0.1) is 11.2 Å². The molecule has 1 aromatic rings. The summed E-state index contributed by atoms with van der Waals surface area (Å²) in [5, 5.41) is 4.21. The highest BCUT2D eigenvalue weighted by Crippen LogP contribution is 2.38. The van der Waals surface area contributed by atoms with Crippen molar-refractivity contribution in [1.29, 1.82) is 0 Å². The first-order valence-electron chi connectivity index (χ1n) is 7.48. The lowest BCUT2D eigenvalue weighted by molar-refractivity contribution is -0.121. The van der Waals surface area contributed by atoms with E-state index in [2.05, 4.69) is 42.6 Å². The zero-order chi connectivity index (χ0) is 15.7. The van der Waals surface area contributed by atoms with E-state index in [4.69, 9.17) is 0 Å². The maximum absolute atomic E-state index is 13.4. The highest BCUT2D eigenvalue weighted by Gasteiger charge is 2.32. The molecule has 0 radical (unpaired) electrons. The highest BCUT2D eigenvalue weighted by atomic mass is 19.1. The van der Waals surface area contributed by atoms with Gasteiger partial charge in [-0.2, -0.15) is 5.10 Å². The third-order valence-corrected chi connectivity index (χ3v) is 4.39. The quantitative estimate of drug-likeness (QED) is 0.831. The summed E-state index contributed by atoms with van der Waals surface area (Å²) < 4.78 is 13.4. The third-order valence-electron chi connectivity index (χ3n) is 4.39. The van der Waals surface area contributed by atoms with Gasteiger partial charge in [0.25, 0.3) is 0 Å². The molecule has 1 amide bonds. The van der Waals surface area contributed by atoms with E-state index in [1.165, 1.54) is 6.07 Å². The van der Waals surface area contributed by atoms with Crippen LogP contribution in [0.25, 0.3) is 0 Å². The Kier molecular flexibility index (Phi) is 3.69. The maximum atomic E-state index is 13.4. The van der Waals surface area contributed by atoms with Crippen molar-refractivity contribution in [2.24, 2.45) is 10.5 Å². The van der Waals surface area contributed by atoms with Gasteiger partial charge in [-0.3, -0.25) is 4.79 Å². The van der Waals surface area contributed by atoms with Crippen molar-refractivity contribution in [3.8, 4) is 0 Å². The van der Waals surface area contributed by atoms with Gasteiger partial charge in [0.1, 0.15) is 5.82 Å². The molecule has 2 atom stereocenters. The van der Waals surface area contributed by atoms with Crippen molar-refractivity contribution in [1.82, 2.24) is 5.43 Å². The summed E-state index contributed by atoms with van der Waals surface area (Å²) in [5.74, 6) is -0.167. The van der Waals surface area contributed by atoms with Gasteiger partial charge in [0, 0.05) is 17.8 Å². The molecule has 1 aliphatic heterocycles. The topological polar surface area (TPSA) is 41.5 Å². The molecule has 22 heavy (non-hydrogen) atoms. The number of nitrogens with one attached hydrogen (secondary N) is 1. The summed E-state index contributed by atoms with van der Waals surface area (Å²) in [7, 11) is 0. The molecule has 3 rings (SSSR count). The van der Waals surface area contributed by atoms with Crippen molar-refractivity contribution in [3.05, 3.63) is 59.4 Å². The van der Waals surface area contributed by atoms with Crippen LogP contribution >= 0.6 is 0 Å². The SMILES string of the molecule is CC1=CC(C)(C2=NNC(=O)CC2)C=CC1c1cccc(F)c1. The smallest absolute Gasteiger partial charge is 0.240 e. The van der Waals surface area contributed by atoms with Gasteiger partial charge in [0.15, 0.2) is 0 Å². The van der Waals surface area contributed by atoms with Gasteiger partial charge in [-0.25, -0.2) is 9.82 Å². The van der Waals surface area contributed by atoms with Crippen LogP contribution in [-0.4, -0.2) is 11.6 Å². The number of amides is 1. The molecule has 2 aliphatic rings. The second-order valence-corrected chi connectivity index (χ2v) is 6.16. The van der Waals surface area contributed by atoms with E-state index in [1.54, 1.807) is 12.1 Å². The Hall–Kier alpha value is -2.23. The van der Waals surface area contributed by atoms with Gasteiger partial charge in [-0.1, -0.05) is 35.9 Å². The van der Waals surface area contributed by atoms with E-state index in [1.807, 2.05) is 6.07 Å². The van der Waals surface area contributed by atoms with Crippen molar-refractivity contribution in [2.75, 3.05) is 0 Å². The zero-order valence-corrected chi connectivity index (χ0v) is 12.8. The first-order chi connectivity index (χ1) is 10.5. The molecule has 0 saturated heterocycles. The van der Waals surface area contributed by atoms with Crippen molar-refractivity contribution in [3.63, 3.8) is 0 Å². The molecule has 0 fully saturated rings. The fourth-order valence-corrected chi connectivity index (χ4v) is 3.18. The van der Waals surface area contributed by atoms with Crippen LogP contribution < -0.4 is 5.43 Å². The monoisotopic (exact) mass is 298 g/mol. The number of nitrogens with zero attached hydrogens (tertiary/aromatic N) is 1. The van der Waals surface area contributed by atoms with Crippen LogP contribution in [0.3, 0.4) is 0 Å². The Morgan fingerprint density at radius 3 is 2.82 bits per heavy atom. The molecule has 4 heteroatoms. The van der Waals surface area contributed by atoms with Crippen LogP contribution in [0.4, 0.5) is 4.39 Å². The number of hydrogen-bond acceptors (Lipinski definition) is 2. The van der Waals surface area contributed by atoms with Crippen LogP contribution in [0.5, 0.6) is 0 Å². The Balaban J connectivity index is 1.89. The molecular weight excluding hydrogens is 279 g/mol. The zero-order valence-electron chi connectivity index (χ0n) is 12.8. The number of allylic oxidation sites excluding steroid dienone is 4. The highest BCUT2D eigenvalue weighted by molar-refractivity contribution is 5.98. The lowest BCUT2D eigenvalue weighted by Crippen LogP contribution is -2.34. The molecule has 0 bridgehead atoms. The summed E-state index contributed by atoms with van der Waals surface area (Å²) >= 11 is 0. The standard InChI is InChI=1S/C18H19FN2O/c1-12-11-18(2,16-6-7-17(22)21-20-16)9-8-15(12)13-4-3-5-14(19)10-13/h3-5,8-11,15H,6-7H2,1-2H3,(H,21,22). The van der Waals surface area contributed by atoms with Crippen molar-refractivity contribution < 1.29 is 9.18 Å². The summed E-state index contributed by atoms with van der Waals surface area (Å²) in [6, 6.07) is 6.71. The second-order valence-electron chi connectivity index (χ2n) is 6.16. The van der Waals surface area contributed by atoms with Gasteiger partial charge < -0.3 is 0 Å². The molecule has 2 unspecified atom stereocenters. The fraction of sp³-hybridized carbons (Fsp3) is 0.333. The normalized spacial score (nSPS) is 28.0. The molecule has 0 spiro atoms. The minimum atomic E-state index is -0.290. The van der Waals surface area contributed by atoms with Crippen LogP contribution in [-0.2, 0) is 4.79 Å². The van der Waals surface area contributed by atoms with Gasteiger partial charge in [0.2, 0.25) is 5.91 Å². The first-order valence-corrected chi connectivity index (χ1v) is 7.48. The summed E-state index contributed by atoms with van der Waals surface area (Å²) in [4.78, 5) is 11.2.